The number of hydrogen-bond donors (Lipinski definition) is 0. The lowest BCUT2D eigenvalue weighted by Gasteiger charge is -2.18. The van der Waals surface area contributed by atoms with Crippen LogP contribution >= 0.6 is 11.6 Å². The molecule has 146 valence electrons. The number of hydrogen-bond acceptors (Lipinski definition) is 5. The Morgan fingerprint density at radius 2 is 1.96 bits per heavy atom. The molecule has 0 bridgehead atoms. The second-order valence-corrected chi connectivity index (χ2v) is 13.2. The molecule has 0 amide bonds. The average Bonchev–Trinajstić information content (AvgIpc) is 2.60. The number of esters is 1. The Bertz CT molecular complexity index is 828. The minimum absolute atomic E-state index is 0.0273. The summed E-state index contributed by atoms with van der Waals surface area (Å²) < 4.78 is 39.9. The molecule has 0 aliphatic rings. The molecule has 9 heteroatoms. The van der Waals surface area contributed by atoms with Crippen LogP contribution in [-0.2, 0) is 10.7 Å². The maximum absolute atomic E-state index is 14.9. The van der Waals surface area contributed by atoms with Crippen LogP contribution in [0.25, 0.3) is 0 Å². The summed E-state index contributed by atoms with van der Waals surface area (Å²) in [5.41, 5.74) is -1.10. The third-order valence-corrected chi connectivity index (χ3v) is 5.81. The van der Waals surface area contributed by atoms with E-state index in [-0.39, 0.29) is 16.6 Å². The third kappa shape index (κ3) is 5.46. The van der Waals surface area contributed by atoms with Gasteiger partial charge in [-0.1, -0.05) is 37.3 Å². The smallest absolute Gasteiger partial charge is 0.339 e. The summed E-state index contributed by atoms with van der Waals surface area (Å²) in [7, 11) is -0.174. The van der Waals surface area contributed by atoms with E-state index in [0.717, 1.165) is 31.4 Å². The summed E-state index contributed by atoms with van der Waals surface area (Å²) in [6.07, 6.45) is 1.22. The maximum Gasteiger partial charge on any atom is 0.339 e. The Morgan fingerprint density at radius 3 is 2.59 bits per heavy atom. The van der Waals surface area contributed by atoms with Gasteiger partial charge in [-0.05, 0) is 24.2 Å². The summed E-state index contributed by atoms with van der Waals surface area (Å²) >= 11 is 5.90. The van der Waals surface area contributed by atoms with Crippen molar-refractivity contribution in [2.24, 2.45) is 0 Å². The van der Waals surface area contributed by atoms with Crippen LogP contribution in [0.2, 0.25) is 30.7 Å². The monoisotopic (exact) mass is 414 g/mol. The highest BCUT2D eigenvalue weighted by molar-refractivity contribution is 6.76. The fraction of sp³-hybridized carbons (Fsp3) is 0.389. The molecule has 0 N–H and O–H groups in total. The zero-order valence-corrected chi connectivity index (χ0v) is 17.3. The van der Waals surface area contributed by atoms with Gasteiger partial charge in [-0.15, -0.1) is 0 Å². The first-order valence-electron chi connectivity index (χ1n) is 8.27. The van der Waals surface area contributed by atoms with Gasteiger partial charge in [-0.25, -0.2) is 9.78 Å². The van der Waals surface area contributed by atoms with E-state index in [1.165, 1.54) is 12.3 Å². The maximum atomic E-state index is 14.9. The minimum atomic E-state index is -3.47. The summed E-state index contributed by atoms with van der Waals surface area (Å²) in [5, 5.41) is 0.0273. The second-order valence-electron chi connectivity index (χ2n) is 7.14. The van der Waals surface area contributed by atoms with Crippen molar-refractivity contribution < 1.29 is 23.0 Å². The Hall–Kier alpha value is -2.06. The Balaban J connectivity index is 2.28. The van der Waals surface area contributed by atoms with Crippen molar-refractivity contribution in [2.45, 2.75) is 31.6 Å². The Labute approximate surface area is 162 Å². The van der Waals surface area contributed by atoms with E-state index in [2.05, 4.69) is 34.3 Å². The van der Waals surface area contributed by atoms with Crippen LogP contribution in [0.5, 0.6) is 6.01 Å². The standard InChI is InChI=1S/C18H21ClF2N2O3Si/c1-25-16(24)13-11-12(5-6-14(13)19)18(20,21)15-7-8-22-17(23-15)26-9-10-27(2,3)4/h5-8,11H,9-10H2,1-4H3. The molecule has 27 heavy (non-hydrogen) atoms. The Morgan fingerprint density at radius 1 is 1.26 bits per heavy atom. The van der Waals surface area contributed by atoms with Crippen molar-refractivity contribution in [3.8, 4) is 6.01 Å². The molecule has 0 aliphatic heterocycles. The molecular weight excluding hydrogens is 394 g/mol. The first-order chi connectivity index (χ1) is 12.5. The van der Waals surface area contributed by atoms with Crippen LogP contribution in [0, 0.1) is 0 Å². The molecule has 5 nitrogen and oxygen atoms in total. The molecule has 0 saturated heterocycles. The van der Waals surface area contributed by atoms with Gasteiger partial charge in [-0.3, -0.25) is 0 Å². The predicted molar refractivity (Wildman–Crippen MR) is 101 cm³/mol. The van der Waals surface area contributed by atoms with Gasteiger partial charge in [-0.2, -0.15) is 13.8 Å². The molecule has 1 heterocycles. The molecule has 2 aromatic rings. The number of halogens is 3. The van der Waals surface area contributed by atoms with Crippen LogP contribution in [0.3, 0.4) is 0 Å². The summed E-state index contributed by atoms with van der Waals surface area (Å²) in [5.74, 6) is -4.26. The van der Waals surface area contributed by atoms with Crippen LogP contribution in [0.1, 0.15) is 21.6 Å². The number of nitrogens with zero attached hydrogens (tertiary/aromatic N) is 2. The number of benzene rings is 1. The lowest BCUT2D eigenvalue weighted by molar-refractivity contribution is 0.0368. The largest absolute Gasteiger partial charge is 0.465 e. The number of carbonyl (C=O) groups is 1. The van der Waals surface area contributed by atoms with Crippen molar-refractivity contribution in [3.05, 3.63) is 52.3 Å². The lowest BCUT2D eigenvalue weighted by atomic mass is 10.0. The summed E-state index contributed by atoms with van der Waals surface area (Å²) in [4.78, 5) is 19.4. The fourth-order valence-corrected chi connectivity index (χ4v) is 3.08. The van der Waals surface area contributed by atoms with Crippen molar-refractivity contribution in [1.29, 1.82) is 0 Å². The normalized spacial score (nSPS) is 12.0. The number of methoxy groups -OCH3 is 1. The number of alkyl halides is 2. The van der Waals surface area contributed by atoms with E-state index < -0.39 is 31.2 Å². The van der Waals surface area contributed by atoms with Crippen molar-refractivity contribution in [1.82, 2.24) is 9.97 Å². The summed E-state index contributed by atoms with van der Waals surface area (Å²) in [6.45, 7) is 6.92. The van der Waals surface area contributed by atoms with Crippen LogP contribution in [0.4, 0.5) is 8.78 Å². The van der Waals surface area contributed by atoms with Gasteiger partial charge in [0.2, 0.25) is 0 Å². The van der Waals surface area contributed by atoms with Crippen molar-refractivity contribution in [3.63, 3.8) is 0 Å². The van der Waals surface area contributed by atoms with Crippen molar-refractivity contribution in [2.75, 3.05) is 13.7 Å². The molecule has 0 fully saturated rings. The van der Waals surface area contributed by atoms with Gasteiger partial charge in [0.15, 0.2) is 0 Å². The molecule has 0 spiro atoms. The molecule has 1 aromatic heterocycles. The molecule has 0 aliphatic carbocycles. The van der Waals surface area contributed by atoms with Crippen LogP contribution in [-0.4, -0.2) is 37.7 Å². The molecular formula is C18H21ClF2N2O3Si. The highest BCUT2D eigenvalue weighted by atomic mass is 35.5. The quantitative estimate of drug-likeness (QED) is 0.482. The van der Waals surface area contributed by atoms with Crippen LogP contribution < -0.4 is 4.74 Å². The van der Waals surface area contributed by atoms with E-state index in [1.807, 2.05) is 0 Å². The predicted octanol–water partition coefficient (Wildman–Crippen LogP) is 4.77. The average molecular weight is 415 g/mol. The van der Waals surface area contributed by atoms with E-state index in [0.29, 0.717) is 6.61 Å². The number of rotatable bonds is 7. The first kappa shape index (κ1) is 21.2. The molecule has 0 unspecified atom stereocenters. The number of carbonyl (C=O) groups excluding carboxylic acids is 1. The van der Waals surface area contributed by atoms with Crippen molar-refractivity contribution >= 4 is 25.6 Å². The first-order valence-corrected chi connectivity index (χ1v) is 12.4. The second kappa shape index (κ2) is 8.31. The summed E-state index contributed by atoms with van der Waals surface area (Å²) in [6, 6.07) is 5.23. The molecule has 0 saturated carbocycles. The van der Waals surface area contributed by atoms with E-state index in [1.54, 1.807) is 0 Å². The highest BCUT2D eigenvalue weighted by Gasteiger charge is 2.37. The SMILES string of the molecule is COC(=O)c1cc(C(F)(F)c2ccnc(OCC[Si](C)(C)C)n2)ccc1Cl. The highest BCUT2D eigenvalue weighted by Crippen LogP contribution is 2.36. The topological polar surface area (TPSA) is 61.3 Å². The zero-order valence-electron chi connectivity index (χ0n) is 15.6. The zero-order chi connectivity index (χ0) is 20.2. The Kier molecular flexibility index (Phi) is 6.53. The number of ether oxygens (including phenoxy) is 2. The van der Waals surface area contributed by atoms with E-state index in [4.69, 9.17) is 16.3 Å². The number of aromatic nitrogens is 2. The van der Waals surface area contributed by atoms with Gasteiger partial charge >= 0.3 is 17.9 Å². The lowest BCUT2D eigenvalue weighted by Crippen LogP contribution is -2.23. The fourth-order valence-electron chi connectivity index (χ4n) is 2.17. The van der Waals surface area contributed by atoms with Gasteiger partial charge in [0.25, 0.3) is 0 Å². The molecule has 1 aromatic carbocycles. The molecule has 2 rings (SSSR count). The van der Waals surface area contributed by atoms with Gasteiger partial charge < -0.3 is 9.47 Å². The van der Waals surface area contributed by atoms with Crippen LogP contribution in [0.15, 0.2) is 30.5 Å². The van der Waals surface area contributed by atoms with E-state index >= 15 is 0 Å². The molecule has 0 radical (unpaired) electrons. The minimum Gasteiger partial charge on any atom is -0.465 e. The van der Waals surface area contributed by atoms with Gasteiger partial charge in [0, 0.05) is 19.8 Å². The van der Waals surface area contributed by atoms with E-state index in [9.17, 15) is 13.6 Å². The van der Waals surface area contributed by atoms with Gasteiger partial charge in [0.1, 0.15) is 5.69 Å². The molecule has 0 atom stereocenters. The van der Waals surface area contributed by atoms with Gasteiger partial charge in [0.05, 0.1) is 24.3 Å². The third-order valence-electron chi connectivity index (χ3n) is 3.77.